The van der Waals surface area contributed by atoms with Gasteiger partial charge in [0.05, 0.1) is 0 Å². The summed E-state index contributed by atoms with van der Waals surface area (Å²) in [5.41, 5.74) is 2.63. The summed E-state index contributed by atoms with van der Waals surface area (Å²) in [4.78, 5) is 11.9. The summed E-state index contributed by atoms with van der Waals surface area (Å²) in [6.07, 6.45) is 7.74. The van der Waals surface area contributed by atoms with Crippen LogP contribution < -0.4 is 5.56 Å². The fraction of sp³-hybridized carbons (Fsp3) is 0.643. The Kier molecular flexibility index (Phi) is 4.37. The molecule has 0 aromatic carbocycles. The van der Waals surface area contributed by atoms with E-state index >= 15 is 0 Å². The van der Waals surface area contributed by atoms with Crippen molar-refractivity contribution in [2.24, 2.45) is 0 Å². The molecule has 1 aromatic heterocycles. The molecule has 0 saturated heterocycles. The Labute approximate surface area is 102 Å². The predicted molar refractivity (Wildman–Crippen MR) is 68.3 cm³/mol. The lowest BCUT2D eigenvalue weighted by Gasteiger charge is -2.19. The summed E-state index contributed by atoms with van der Waals surface area (Å²) in [6, 6.07) is 3.68. The summed E-state index contributed by atoms with van der Waals surface area (Å²) in [5.74, 6) is 0. The summed E-state index contributed by atoms with van der Waals surface area (Å²) in [6.45, 7) is 0.800. The van der Waals surface area contributed by atoms with Crippen LogP contribution in [0, 0.1) is 0 Å². The van der Waals surface area contributed by atoms with E-state index in [1.54, 1.807) is 6.07 Å². The van der Waals surface area contributed by atoms with Crippen LogP contribution in [0.2, 0.25) is 0 Å². The average Bonchev–Trinajstić information content (AvgIpc) is 2.30. The van der Waals surface area contributed by atoms with Gasteiger partial charge < -0.3 is 9.67 Å². The van der Waals surface area contributed by atoms with E-state index in [1.165, 1.54) is 36.9 Å². The summed E-state index contributed by atoms with van der Waals surface area (Å²) in [7, 11) is 0. The van der Waals surface area contributed by atoms with Crippen LogP contribution in [-0.2, 0) is 19.4 Å². The third-order valence-electron chi connectivity index (χ3n) is 3.54. The molecule has 0 unspecified atom stereocenters. The van der Waals surface area contributed by atoms with Crippen molar-refractivity contribution in [3.8, 4) is 0 Å². The number of rotatable bonds is 3. The first-order chi connectivity index (χ1) is 8.33. The first-order valence-electron chi connectivity index (χ1n) is 6.65. The maximum absolute atomic E-state index is 11.9. The third kappa shape index (κ3) is 2.97. The highest BCUT2D eigenvalue weighted by molar-refractivity contribution is 5.22. The van der Waals surface area contributed by atoms with Gasteiger partial charge in [-0.25, -0.2) is 0 Å². The van der Waals surface area contributed by atoms with Crippen LogP contribution in [0.25, 0.3) is 0 Å². The largest absolute Gasteiger partial charge is 0.396 e. The number of aryl methyl sites for hydroxylation is 1. The number of fused-ring (bicyclic) bond motifs is 1. The van der Waals surface area contributed by atoms with E-state index < -0.39 is 0 Å². The highest BCUT2D eigenvalue weighted by Gasteiger charge is 2.11. The van der Waals surface area contributed by atoms with Gasteiger partial charge in [-0.3, -0.25) is 4.79 Å². The lowest BCUT2D eigenvalue weighted by Crippen LogP contribution is -2.25. The van der Waals surface area contributed by atoms with Gasteiger partial charge in [-0.2, -0.15) is 0 Å². The smallest absolute Gasteiger partial charge is 0.250 e. The molecule has 0 atom stereocenters. The van der Waals surface area contributed by atoms with Gasteiger partial charge in [0, 0.05) is 24.9 Å². The second-order valence-corrected chi connectivity index (χ2v) is 4.79. The third-order valence-corrected chi connectivity index (χ3v) is 3.54. The molecule has 0 aliphatic heterocycles. The molecule has 3 nitrogen and oxygen atoms in total. The zero-order valence-electron chi connectivity index (χ0n) is 10.3. The molecule has 0 spiro atoms. The molecular formula is C14H21NO2. The summed E-state index contributed by atoms with van der Waals surface area (Å²) < 4.78 is 1.87. The first-order valence-corrected chi connectivity index (χ1v) is 6.65. The van der Waals surface area contributed by atoms with Gasteiger partial charge in [0.15, 0.2) is 0 Å². The van der Waals surface area contributed by atoms with Crippen LogP contribution in [0.5, 0.6) is 0 Å². The van der Waals surface area contributed by atoms with Crippen molar-refractivity contribution in [1.29, 1.82) is 0 Å². The molecule has 94 valence electrons. The predicted octanol–water partition coefficient (Wildman–Crippen LogP) is 1.89. The monoisotopic (exact) mass is 235 g/mol. The van der Waals surface area contributed by atoms with Gasteiger partial charge in [0.1, 0.15) is 0 Å². The maximum Gasteiger partial charge on any atom is 0.250 e. The Hall–Kier alpha value is -1.09. The topological polar surface area (TPSA) is 42.2 Å². The number of aliphatic hydroxyl groups excluding tert-OH is 1. The Balaban J connectivity index is 2.34. The van der Waals surface area contributed by atoms with Gasteiger partial charge in [-0.15, -0.1) is 0 Å². The van der Waals surface area contributed by atoms with E-state index in [0.717, 1.165) is 12.8 Å². The molecule has 0 bridgehead atoms. The van der Waals surface area contributed by atoms with Gasteiger partial charge in [-0.05, 0) is 37.7 Å². The first kappa shape index (κ1) is 12.4. The number of aliphatic hydroxyl groups is 1. The van der Waals surface area contributed by atoms with E-state index in [1.807, 2.05) is 10.6 Å². The Morgan fingerprint density at radius 2 is 1.88 bits per heavy atom. The van der Waals surface area contributed by atoms with Crippen molar-refractivity contribution >= 4 is 0 Å². The van der Waals surface area contributed by atoms with Crippen molar-refractivity contribution in [3.05, 3.63) is 33.7 Å². The average molecular weight is 235 g/mol. The lowest BCUT2D eigenvalue weighted by atomic mass is 9.97. The number of hydrogen-bond acceptors (Lipinski definition) is 2. The SMILES string of the molecule is O=c1ccc2c(n1CCCO)CCCCCC2. The molecule has 1 heterocycles. The minimum atomic E-state index is 0.0813. The molecular weight excluding hydrogens is 214 g/mol. The molecule has 3 heteroatoms. The molecule has 1 aromatic rings. The molecule has 0 radical (unpaired) electrons. The van der Waals surface area contributed by atoms with Crippen molar-refractivity contribution in [3.63, 3.8) is 0 Å². The molecule has 0 amide bonds. The van der Waals surface area contributed by atoms with Crippen molar-refractivity contribution in [2.75, 3.05) is 6.61 Å². The second kappa shape index (κ2) is 6.01. The van der Waals surface area contributed by atoms with Gasteiger partial charge in [-0.1, -0.05) is 18.9 Å². The molecule has 1 aliphatic carbocycles. The number of pyridine rings is 1. The Bertz CT molecular complexity index is 423. The quantitative estimate of drug-likeness (QED) is 0.869. The normalized spacial score (nSPS) is 16.1. The van der Waals surface area contributed by atoms with Crippen LogP contribution in [0.1, 0.15) is 43.4 Å². The van der Waals surface area contributed by atoms with Crippen molar-refractivity contribution in [1.82, 2.24) is 4.57 Å². The zero-order valence-corrected chi connectivity index (χ0v) is 10.3. The van der Waals surface area contributed by atoms with Crippen molar-refractivity contribution < 1.29 is 5.11 Å². The second-order valence-electron chi connectivity index (χ2n) is 4.79. The standard InChI is InChI=1S/C14H21NO2/c16-11-5-10-15-13-7-4-2-1-3-6-12(13)8-9-14(15)17/h8-9,16H,1-7,10-11H2. The highest BCUT2D eigenvalue weighted by Crippen LogP contribution is 2.18. The minimum absolute atomic E-state index is 0.0813. The number of aromatic nitrogens is 1. The van der Waals surface area contributed by atoms with Gasteiger partial charge in [0.25, 0.3) is 5.56 Å². The van der Waals surface area contributed by atoms with Gasteiger partial charge >= 0.3 is 0 Å². The van der Waals surface area contributed by atoms with E-state index in [9.17, 15) is 4.79 Å². The Morgan fingerprint density at radius 1 is 1.12 bits per heavy atom. The maximum atomic E-state index is 11.9. The fourth-order valence-corrected chi connectivity index (χ4v) is 2.62. The summed E-state index contributed by atoms with van der Waals surface area (Å²) >= 11 is 0. The molecule has 1 aliphatic rings. The van der Waals surface area contributed by atoms with E-state index in [4.69, 9.17) is 5.11 Å². The van der Waals surface area contributed by atoms with Crippen LogP contribution in [0.4, 0.5) is 0 Å². The zero-order chi connectivity index (χ0) is 12.1. The molecule has 17 heavy (non-hydrogen) atoms. The van der Waals surface area contributed by atoms with E-state index in [2.05, 4.69) is 0 Å². The van der Waals surface area contributed by atoms with Crippen LogP contribution >= 0.6 is 0 Å². The number of hydrogen-bond donors (Lipinski definition) is 1. The van der Waals surface area contributed by atoms with Crippen molar-refractivity contribution in [2.45, 2.75) is 51.5 Å². The van der Waals surface area contributed by atoms with E-state index in [0.29, 0.717) is 13.0 Å². The fourth-order valence-electron chi connectivity index (χ4n) is 2.62. The Morgan fingerprint density at radius 3 is 2.65 bits per heavy atom. The number of nitrogens with zero attached hydrogens (tertiary/aromatic N) is 1. The molecule has 2 rings (SSSR count). The molecule has 1 N–H and O–H groups in total. The highest BCUT2D eigenvalue weighted by atomic mass is 16.3. The van der Waals surface area contributed by atoms with E-state index in [-0.39, 0.29) is 12.2 Å². The van der Waals surface area contributed by atoms with Crippen LogP contribution in [0.3, 0.4) is 0 Å². The van der Waals surface area contributed by atoms with Crippen LogP contribution in [0.15, 0.2) is 16.9 Å². The molecule has 0 fully saturated rings. The molecule has 0 saturated carbocycles. The minimum Gasteiger partial charge on any atom is -0.396 e. The van der Waals surface area contributed by atoms with Gasteiger partial charge in [0.2, 0.25) is 0 Å². The summed E-state index contributed by atoms with van der Waals surface area (Å²) in [5, 5.41) is 8.91. The lowest BCUT2D eigenvalue weighted by molar-refractivity contribution is 0.278. The van der Waals surface area contributed by atoms with Crippen LogP contribution in [-0.4, -0.2) is 16.3 Å².